The maximum atomic E-state index is 12.7. The number of benzene rings is 1. The van der Waals surface area contributed by atoms with Gasteiger partial charge in [-0.3, -0.25) is 9.78 Å². The number of carbonyl (C=O) groups excluding carboxylic acids is 1. The Morgan fingerprint density at radius 1 is 1.40 bits per heavy atom. The van der Waals surface area contributed by atoms with Gasteiger partial charge in [0.05, 0.1) is 11.1 Å². The molecular weight excluding hydrogens is 248 g/mol. The minimum absolute atomic E-state index is 0.0438. The van der Waals surface area contributed by atoms with Gasteiger partial charge in [0.2, 0.25) is 0 Å². The molecule has 104 valence electrons. The van der Waals surface area contributed by atoms with Gasteiger partial charge >= 0.3 is 0 Å². The highest BCUT2D eigenvalue weighted by Gasteiger charge is 2.38. The van der Waals surface area contributed by atoms with Crippen LogP contribution in [0.4, 0.5) is 0 Å². The van der Waals surface area contributed by atoms with E-state index in [2.05, 4.69) is 11.9 Å². The van der Waals surface area contributed by atoms with Gasteiger partial charge in [0.15, 0.2) is 5.78 Å². The maximum Gasteiger partial charge on any atom is 0.184 e. The fraction of sp³-hybridized carbons (Fsp3) is 0.412. The third-order valence-corrected chi connectivity index (χ3v) is 4.34. The number of nitrogens with two attached hydrogens (primary N) is 1. The number of Topliss-reactive ketones (excluding diaryl/α,β-unsaturated/α-hetero) is 1. The third-order valence-electron chi connectivity index (χ3n) is 4.34. The highest BCUT2D eigenvalue weighted by molar-refractivity contribution is 6.04. The molecule has 3 heteroatoms. The summed E-state index contributed by atoms with van der Waals surface area (Å²) < 4.78 is 0. The fourth-order valence-corrected chi connectivity index (χ4v) is 3.28. The van der Waals surface area contributed by atoms with E-state index in [9.17, 15) is 4.79 Å². The van der Waals surface area contributed by atoms with Crippen LogP contribution in [0.25, 0.3) is 10.9 Å². The van der Waals surface area contributed by atoms with Crippen molar-refractivity contribution in [2.45, 2.75) is 38.1 Å². The van der Waals surface area contributed by atoms with Crippen molar-refractivity contribution in [1.29, 1.82) is 0 Å². The molecule has 1 saturated carbocycles. The van der Waals surface area contributed by atoms with Gasteiger partial charge in [-0.25, -0.2) is 0 Å². The van der Waals surface area contributed by atoms with E-state index in [-0.39, 0.29) is 5.78 Å². The summed E-state index contributed by atoms with van der Waals surface area (Å²) in [5.41, 5.74) is 7.23. The Kier molecular flexibility index (Phi) is 3.30. The van der Waals surface area contributed by atoms with Gasteiger partial charge in [0, 0.05) is 17.1 Å². The van der Waals surface area contributed by atoms with Crippen LogP contribution in [-0.2, 0) is 0 Å². The first-order chi connectivity index (χ1) is 9.58. The molecule has 3 rings (SSSR count). The van der Waals surface area contributed by atoms with Crippen molar-refractivity contribution in [2.75, 3.05) is 0 Å². The molecule has 1 heterocycles. The molecule has 0 spiro atoms. The molecule has 20 heavy (non-hydrogen) atoms. The Morgan fingerprint density at radius 3 is 3.00 bits per heavy atom. The van der Waals surface area contributed by atoms with Crippen LogP contribution in [0.3, 0.4) is 0 Å². The first kappa shape index (κ1) is 13.3. The van der Waals surface area contributed by atoms with Crippen LogP contribution in [0.15, 0.2) is 36.5 Å². The minimum atomic E-state index is -0.707. The van der Waals surface area contributed by atoms with E-state index in [1.165, 1.54) is 6.42 Å². The molecule has 1 aromatic heterocycles. The Morgan fingerprint density at radius 2 is 2.20 bits per heavy atom. The molecule has 2 atom stereocenters. The van der Waals surface area contributed by atoms with E-state index in [1.54, 1.807) is 6.20 Å². The Labute approximate surface area is 119 Å². The van der Waals surface area contributed by atoms with Gasteiger partial charge < -0.3 is 5.73 Å². The van der Waals surface area contributed by atoms with E-state index in [4.69, 9.17) is 5.73 Å². The van der Waals surface area contributed by atoms with E-state index in [0.29, 0.717) is 11.5 Å². The lowest BCUT2D eigenvalue weighted by atomic mass is 9.73. The highest BCUT2D eigenvalue weighted by atomic mass is 16.1. The van der Waals surface area contributed by atoms with Crippen molar-refractivity contribution >= 4 is 16.7 Å². The number of pyridine rings is 1. The molecule has 0 radical (unpaired) electrons. The van der Waals surface area contributed by atoms with Gasteiger partial charge in [-0.2, -0.15) is 0 Å². The molecule has 3 nitrogen and oxygen atoms in total. The quantitative estimate of drug-likeness (QED) is 0.850. The number of nitrogens with zero attached hydrogens (tertiary/aromatic N) is 1. The average Bonchev–Trinajstić information content (AvgIpc) is 2.45. The number of fused-ring (bicyclic) bond motifs is 1. The number of carbonyl (C=O) groups is 1. The Balaban J connectivity index is 1.95. The van der Waals surface area contributed by atoms with Crippen LogP contribution in [0.1, 0.15) is 43.0 Å². The number of rotatable bonds is 2. The summed E-state index contributed by atoms with van der Waals surface area (Å²) in [6.45, 7) is 2.17. The molecule has 1 aromatic carbocycles. The SMILES string of the molecule is CC1CCCC(N)(C(=O)c2cnc3ccccc3c2)C1. The first-order valence-electron chi connectivity index (χ1n) is 7.27. The molecule has 0 aliphatic heterocycles. The molecule has 1 aliphatic rings. The fourth-order valence-electron chi connectivity index (χ4n) is 3.28. The van der Waals surface area contributed by atoms with Crippen LogP contribution in [0.5, 0.6) is 0 Å². The summed E-state index contributed by atoms with van der Waals surface area (Å²) in [4.78, 5) is 17.1. The molecule has 1 aliphatic carbocycles. The lowest BCUT2D eigenvalue weighted by molar-refractivity contribution is 0.0819. The van der Waals surface area contributed by atoms with E-state index in [1.807, 2.05) is 30.3 Å². The largest absolute Gasteiger partial charge is 0.319 e. The van der Waals surface area contributed by atoms with Crippen molar-refractivity contribution in [3.05, 3.63) is 42.1 Å². The number of hydrogen-bond donors (Lipinski definition) is 1. The highest BCUT2D eigenvalue weighted by Crippen LogP contribution is 2.33. The number of ketones is 1. The molecule has 1 fully saturated rings. The van der Waals surface area contributed by atoms with Crippen molar-refractivity contribution in [1.82, 2.24) is 4.98 Å². The molecule has 2 unspecified atom stereocenters. The molecule has 0 bridgehead atoms. The molecule has 2 aromatic rings. The lowest BCUT2D eigenvalue weighted by Crippen LogP contribution is -2.51. The van der Waals surface area contributed by atoms with Gasteiger partial charge in [-0.1, -0.05) is 38.0 Å². The van der Waals surface area contributed by atoms with Gasteiger partial charge in [0.25, 0.3) is 0 Å². The minimum Gasteiger partial charge on any atom is -0.319 e. The van der Waals surface area contributed by atoms with Crippen LogP contribution < -0.4 is 5.73 Å². The standard InChI is InChI=1S/C17H20N2O/c1-12-5-4-8-17(18,10-12)16(20)14-9-13-6-2-3-7-15(13)19-11-14/h2-3,6-7,9,11-12H,4-5,8,10,18H2,1H3. The Hall–Kier alpha value is -1.74. The molecule has 2 N–H and O–H groups in total. The summed E-state index contributed by atoms with van der Waals surface area (Å²) in [5, 5.41) is 0.991. The average molecular weight is 268 g/mol. The molecule has 0 amide bonds. The van der Waals surface area contributed by atoms with Crippen molar-refractivity contribution in [2.24, 2.45) is 11.7 Å². The predicted octanol–water partition coefficient (Wildman–Crippen LogP) is 3.33. The second kappa shape index (κ2) is 4.98. The van der Waals surface area contributed by atoms with Gasteiger partial charge in [-0.15, -0.1) is 0 Å². The zero-order chi connectivity index (χ0) is 14.2. The van der Waals surface area contributed by atoms with E-state index < -0.39 is 5.54 Å². The van der Waals surface area contributed by atoms with Crippen LogP contribution >= 0.6 is 0 Å². The first-order valence-corrected chi connectivity index (χ1v) is 7.27. The zero-order valence-corrected chi connectivity index (χ0v) is 11.8. The molecular formula is C17H20N2O. The normalized spacial score (nSPS) is 26.6. The summed E-state index contributed by atoms with van der Waals surface area (Å²) in [6, 6.07) is 9.75. The summed E-state index contributed by atoms with van der Waals surface area (Å²) in [6.07, 6.45) is 5.42. The van der Waals surface area contributed by atoms with E-state index in [0.717, 1.165) is 30.2 Å². The monoisotopic (exact) mass is 268 g/mol. The van der Waals surface area contributed by atoms with Crippen LogP contribution in [-0.4, -0.2) is 16.3 Å². The maximum absolute atomic E-state index is 12.7. The van der Waals surface area contributed by atoms with E-state index >= 15 is 0 Å². The number of aromatic nitrogens is 1. The van der Waals surface area contributed by atoms with Gasteiger partial charge in [-0.05, 0) is 30.9 Å². The predicted molar refractivity (Wildman–Crippen MR) is 80.6 cm³/mol. The topological polar surface area (TPSA) is 56.0 Å². The summed E-state index contributed by atoms with van der Waals surface area (Å²) in [7, 11) is 0. The lowest BCUT2D eigenvalue weighted by Gasteiger charge is -2.35. The smallest absolute Gasteiger partial charge is 0.184 e. The van der Waals surface area contributed by atoms with Crippen molar-refractivity contribution < 1.29 is 4.79 Å². The van der Waals surface area contributed by atoms with Crippen LogP contribution in [0, 0.1) is 5.92 Å². The number of para-hydroxylation sites is 1. The van der Waals surface area contributed by atoms with Crippen molar-refractivity contribution in [3.8, 4) is 0 Å². The Bertz CT molecular complexity index is 652. The van der Waals surface area contributed by atoms with Crippen LogP contribution in [0.2, 0.25) is 0 Å². The summed E-state index contributed by atoms with van der Waals surface area (Å²) >= 11 is 0. The molecule has 0 saturated heterocycles. The second-order valence-corrected chi connectivity index (χ2v) is 6.10. The third kappa shape index (κ3) is 2.34. The second-order valence-electron chi connectivity index (χ2n) is 6.10. The van der Waals surface area contributed by atoms with Crippen molar-refractivity contribution in [3.63, 3.8) is 0 Å². The number of hydrogen-bond acceptors (Lipinski definition) is 3. The summed E-state index contributed by atoms with van der Waals surface area (Å²) in [5.74, 6) is 0.563. The zero-order valence-electron chi connectivity index (χ0n) is 11.8. The van der Waals surface area contributed by atoms with Gasteiger partial charge in [0.1, 0.15) is 0 Å².